The summed E-state index contributed by atoms with van der Waals surface area (Å²) < 4.78 is 0.349. The van der Waals surface area contributed by atoms with Crippen LogP contribution in [-0.2, 0) is 0 Å². The molecule has 3 amide bonds. The molecule has 144 valence electrons. The van der Waals surface area contributed by atoms with Gasteiger partial charge in [-0.3, -0.25) is 0 Å². The molecule has 6 nitrogen and oxygen atoms in total. The predicted molar refractivity (Wildman–Crippen MR) is 116 cm³/mol. The van der Waals surface area contributed by atoms with Crippen LogP contribution in [0.2, 0.25) is 10.0 Å². The van der Waals surface area contributed by atoms with Crippen molar-refractivity contribution in [1.29, 1.82) is 0 Å². The first-order valence-electron chi connectivity index (χ1n) is 7.55. The second-order valence-corrected chi connectivity index (χ2v) is 8.10. The average molecular weight is 514 g/mol. The Kier molecular flexibility index (Phi) is 12.2. The van der Waals surface area contributed by atoms with E-state index in [1.54, 1.807) is 39.2 Å². The van der Waals surface area contributed by atoms with Crippen LogP contribution in [0.25, 0.3) is 0 Å². The molecule has 2 unspecified atom stereocenters. The fraction of sp³-hybridized carbons (Fsp3) is 0.412. The summed E-state index contributed by atoms with van der Waals surface area (Å²) in [7, 11) is 3.32. The molecule has 0 spiro atoms. The van der Waals surface area contributed by atoms with E-state index in [0.29, 0.717) is 26.2 Å². The molecule has 1 rings (SSSR count). The summed E-state index contributed by atoms with van der Waals surface area (Å²) in [5.41, 5.74) is 0.623. The minimum Gasteiger partial charge on any atom is -0.465 e. The van der Waals surface area contributed by atoms with Gasteiger partial charge < -0.3 is 20.6 Å². The lowest BCUT2D eigenvalue weighted by Crippen LogP contribution is -2.30. The quantitative estimate of drug-likeness (QED) is 0.307. The van der Waals surface area contributed by atoms with Gasteiger partial charge in [0.2, 0.25) is 0 Å². The van der Waals surface area contributed by atoms with Gasteiger partial charge in [0.1, 0.15) is 0 Å². The smallest absolute Gasteiger partial charge is 0.404 e. The zero-order valence-corrected chi connectivity index (χ0v) is 18.6. The highest BCUT2D eigenvalue weighted by Crippen LogP contribution is 2.24. The Morgan fingerprint density at radius 2 is 1.92 bits per heavy atom. The fourth-order valence-corrected chi connectivity index (χ4v) is 2.25. The number of carbonyl (C=O) groups excluding carboxylic acids is 1. The maximum atomic E-state index is 11.2. The maximum Gasteiger partial charge on any atom is 0.404 e. The minimum atomic E-state index is -0.991. The highest BCUT2D eigenvalue weighted by atomic mass is 127. The molecule has 9 heteroatoms. The lowest BCUT2D eigenvalue weighted by atomic mass is 10.1. The van der Waals surface area contributed by atoms with Gasteiger partial charge in [-0.15, -0.1) is 5.92 Å². The highest BCUT2D eigenvalue weighted by Gasteiger charge is 2.12. The van der Waals surface area contributed by atoms with Gasteiger partial charge in [0, 0.05) is 36.2 Å². The molecule has 3 N–H and O–H groups in total. The van der Waals surface area contributed by atoms with E-state index in [4.69, 9.17) is 28.3 Å². The van der Waals surface area contributed by atoms with E-state index < -0.39 is 6.09 Å². The Labute approximate surface area is 177 Å². The van der Waals surface area contributed by atoms with E-state index in [0.717, 1.165) is 0 Å². The van der Waals surface area contributed by atoms with Crippen LogP contribution in [-0.4, -0.2) is 46.7 Å². The van der Waals surface area contributed by atoms with Gasteiger partial charge in [-0.05, 0) is 25.1 Å². The summed E-state index contributed by atoms with van der Waals surface area (Å²) in [6.45, 7) is 4.17. The van der Waals surface area contributed by atoms with Gasteiger partial charge in [-0.1, -0.05) is 58.6 Å². The van der Waals surface area contributed by atoms with Gasteiger partial charge >= 0.3 is 12.1 Å². The van der Waals surface area contributed by atoms with Gasteiger partial charge in [0.25, 0.3) is 0 Å². The van der Waals surface area contributed by atoms with E-state index in [-0.39, 0.29) is 11.9 Å². The third kappa shape index (κ3) is 10.6. The number of rotatable bonds is 4. The molecule has 0 saturated heterocycles. The van der Waals surface area contributed by atoms with Crippen molar-refractivity contribution >= 4 is 63.6 Å². The molecular weight excluding hydrogens is 492 g/mol. The van der Waals surface area contributed by atoms with E-state index >= 15 is 0 Å². The number of anilines is 1. The van der Waals surface area contributed by atoms with Crippen molar-refractivity contribution in [1.82, 2.24) is 10.2 Å². The largest absolute Gasteiger partial charge is 0.465 e. The molecule has 0 aliphatic heterocycles. The molecule has 0 radical (unpaired) electrons. The first-order valence-corrected chi connectivity index (χ1v) is 9.55. The molecule has 0 heterocycles. The molecule has 0 aliphatic carbocycles. The fourth-order valence-electron chi connectivity index (χ4n) is 1.52. The molecule has 0 aliphatic rings. The normalized spacial score (nSPS) is 11.7. The molecule has 0 bridgehead atoms. The maximum absolute atomic E-state index is 11.2. The summed E-state index contributed by atoms with van der Waals surface area (Å²) in [6.07, 6.45) is -0.991. The zero-order chi connectivity index (χ0) is 20.3. The summed E-state index contributed by atoms with van der Waals surface area (Å²) in [5.74, 6) is 5.84. The SMILES string of the molecule is CC#CC(CNC(=O)O)C(C)I.CN(C)C(=O)Nc1ccc(Cl)c(Cl)c1. The van der Waals surface area contributed by atoms with Crippen LogP contribution in [0.5, 0.6) is 0 Å². The van der Waals surface area contributed by atoms with Crippen molar-refractivity contribution in [2.24, 2.45) is 5.92 Å². The summed E-state index contributed by atoms with van der Waals surface area (Å²) >= 11 is 13.7. The molecule has 0 fully saturated rings. The first kappa shape index (κ1) is 24.6. The number of alkyl halides is 1. The van der Waals surface area contributed by atoms with Crippen LogP contribution in [0.3, 0.4) is 0 Å². The standard InChI is InChI=1S/C9H10Cl2N2O.C8H12INO2/c1-13(2)9(14)12-6-3-4-7(10)8(11)5-6;1-3-4-7(6(2)9)5-10-8(11)12/h3-5H,1-2H3,(H,12,14);6-7,10H,5H2,1-2H3,(H,11,12). The number of benzene rings is 1. The van der Waals surface area contributed by atoms with Crippen molar-refractivity contribution < 1.29 is 14.7 Å². The van der Waals surface area contributed by atoms with Gasteiger partial charge in [-0.25, -0.2) is 9.59 Å². The molecule has 0 saturated carbocycles. The molecule has 0 aromatic heterocycles. The molecule has 1 aromatic rings. The van der Waals surface area contributed by atoms with Crippen molar-refractivity contribution in [3.8, 4) is 11.8 Å². The van der Waals surface area contributed by atoms with Gasteiger partial charge in [0.05, 0.1) is 10.0 Å². The van der Waals surface area contributed by atoms with E-state index in [1.165, 1.54) is 4.90 Å². The first-order chi connectivity index (χ1) is 12.1. The summed E-state index contributed by atoms with van der Waals surface area (Å²) in [6, 6.07) is 4.72. The number of nitrogens with zero attached hydrogens (tertiary/aromatic N) is 1. The van der Waals surface area contributed by atoms with Crippen molar-refractivity contribution in [2.45, 2.75) is 17.8 Å². The summed E-state index contributed by atoms with van der Waals surface area (Å²) in [5, 5.41) is 14.2. The third-order valence-electron chi connectivity index (χ3n) is 2.93. The lowest BCUT2D eigenvalue weighted by molar-refractivity contribution is 0.193. The number of urea groups is 1. The minimum absolute atomic E-state index is 0.103. The molecule has 26 heavy (non-hydrogen) atoms. The number of carboxylic acid groups (broad SMARTS) is 1. The Bertz CT molecular complexity index is 673. The Morgan fingerprint density at radius 1 is 1.31 bits per heavy atom. The summed E-state index contributed by atoms with van der Waals surface area (Å²) in [4.78, 5) is 22.8. The number of nitrogens with one attached hydrogen (secondary N) is 2. The van der Waals surface area contributed by atoms with Crippen molar-refractivity contribution in [3.05, 3.63) is 28.2 Å². The second-order valence-electron chi connectivity index (χ2n) is 5.32. The van der Waals surface area contributed by atoms with E-state index in [1.807, 2.05) is 6.92 Å². The Hall–Kier alpha value is -1.37. The number of amides is 3. The van der Waals surface area contributed by atoms with Crippen LogP contribution in [0.1, 0.15) is 13.8 Å². The lowest BCUT2D eigenvalue weighted by Gasteiger charge is -2.12. The number of hydrogen-bond donors (Lipinski definition) is 3. The number of halogens is 3. The van der Waals surface area contributed by atoms with Crippen molar-refractivity contribution in [3.63, 3.8) is 0 Å². The van der Waals surface area contributed by atoms with Crippen LogP contribution < -0.4 is 10.6 Å². The molecule has 2 atom stereocenters. The third-order valence-corrected chi connectivity index (χ3v) is 4.54. The van der Waals surface area contributed by atoms with Gasteiger partial charge in [-0.2, -0.15) is 0 Å². The van der Waals surface area contributed by atoms with Crippen LogP contribution in [0.4, 0.5) is 15.3 Å². The molecule has 1 aromatic carbocycles. The Morgan fingerprint density at radius 3 is 2.35 bits per heavy atom. The number of carbonyl (C=O) groups is 2. The second kappa shape index (κ2) is 12.9. The predicted octanol–water partition coefficient (Wildman–Crippen LogP) is 4.80. The monoisotopic (exact) mass is 513 g/mol. The van der Waals surface area contributed by atoms with Crippen LogP contribution in [0.15, 0.2) is 18.2 Å². The number of hydrogen-bond acceptors (Lipinski definition) is 2. The Balaban J connectivity index is 0.000000488. The van der Waals surface area contributed by atoms with Crippen LogP contribution in [0, 0.1) is 17.8 Å². The van der Waals surface area contributed by atoms with Gasteiger partial charge in [0.15, 0.2) is 0 Å². The topological polar surface area (TPSA) is 81.7 Å². The zero-order valence-electron chi connectivity index (χ0n) is 14.9. The average Bonchev–Trinajstić information content (AvgIpc) is 2.55. The van der Waals surface area contributed by atoms with Crippen LogP contribution >= 0.6 is 45.8 Å². The van der Waals surface area contributed by atoms with E-state index in [9.17, 15) is 9.59 Å². The highest BCUT2D eigenvalue weighted by molar-refractivity contribution is 14.1. The molecular formula is C17H22Cl2IN3O3. The van der Waals surface area contributed by atoms with E-state index in [2.05, 4.69) is 45.1 Å². The van der Waals surface area contributed by atoms with Crippen molar-refractivity contribution in [2.75, 3.05) is 26.0 Å².